The van der Waals surface area contributed by atoms with Crippen molar-refractivity contribution in [2.75, 3.05) is 14.2 Å². The molecule has 0 bridgehead atoms. The van der Waals surface area contributed by atoms with Crippen molar-refractivity contribution < 1.29 is 28.4 Å². The molecule has 3 fully saturated rings. The molecule has 6 nitrogen and oxygen atoms in total. The van der Waals surface area contributed by atoms with Crippen LogP contribution in [0, 0.1) is 0 Å². The van der Waals surface area contributed by atoms with Crippen LogP contribution in [0.5, 0.6) is 0 Å². The normalized spacial score (nSPS) is 48.9. The minimum atomic E-state index is -0.656. The highest BCUT2D eigenvalue weighted by Gasteiger charge is 2.63. The van der Waals surface area contributed by atoms with Crippen molar-refractivity contribution in [3.8, 4) is 0 Å². The van der Waals surface area contributed by atoms with E-state index in [1.54, 1.807) is 14.2 Å². The van der Waals surface area contributed by atoms with E-state index in [0.29, 0.717) is 0 Å². The first kappa shape index (κ1) is 14.7. The first-order valence-corrected chi connectivity index (χ1v) is 7.05. The summed E-state index contributed by atoms with van der Waals surface area (Å²) >= 11 is 0. The molecule has 0 spiro atoms. The molecule has 0 amide bonds. The molecule has 0 N–H and O–H groups in total. The van der Waals surface area contributed by atoms with Gasteiger partial charge < -0.3 is 28.4 Å². The van der Waals surface area contributed by atoms with Crippen molar-refractivity contribution >= 4 is 0 Å². The summed E-state index contributed by atoms with van der Waals surface area (Å²) in [6.45, 7) is 7.58. The average molecular weight is 288 g/mol. The van der Waals surface area contributed by atoms with Gasteiger partial charge in [0.15, 0.2) is 11.6 Å². The Morgan fingerprint density at radius 3 is 1.05 bits per heavy atom. The van der Waals surface area contributed by atoms with Crippen molar-refractivity contribution in [1.82, 2.24) is 0 Å². The van der Waals surface area contributed by atoms with Crippen LogP contribution in [-0.4, -0.2) is 62.4 Å². The molecule has 2 heterocycles. The molecule has 6 atom stereocenters. The van der Waals surface area contributed by atoms with E-state index in [9.17, 15) is 0 Å². The van der Waals surface area contributed by atoms with Crippen LogP contribution in [0.2, 0.25) is 0 Å². The third kappa shape index (κ3) is 2.19. The molecule has 0 aromatic carbocycles. The number of fused-ring (bicyclic) bond motifs is 2. The maximum absolute atomic E-state index is 6.00. The minimum absolute atomic E-state index is 0.223. The summed E-state index contributed by atoms with van der Waals surface area (Å²) in [5, 5.41) is 0. The molecule has 0 radical (unpaired) electrons. The van der Waals surface area contributed by atoms with Crippen molar-refractivity contribution in [3.63, 3.8) is 0 Å². The maximum Gasteiger partial charge on any atom is 0.164 e. The topological polar surface area (TPSA) is 55.4 Å². The van der Waals surface area contributed by atoms with Gasteiger partial charge in [-0.15, -0.1) is 0 Å². The van der Waals surface area contributed by atoms with Gasteiger partial charge in [-0.05, 0) is 27.7 Å². The van der Waals surface area contributed by atoms with Gasteiger partial charge in [0, 0.05) is 14.2 Å². The highest BCUT2D eigenvalue weighted by Crippen LogP contribution is 2.45. The van der Waals surface area contributed by atoms with Crippen molar-refractivity contribution in [3.05, 3.63) is 0 Å². The van der Waals surface area contributed by atoms with Crippen LogP contribution in [0.3, 0.4) is 0 Å². The molecular formula is C14H24O6. The summed E-state index contributed by atoms with van der Waals surface area (Å²) in [6, 6.07) is 0. The molecule has 3 aliphatic rings. The largest absolute Gasteiger partial charge is 0.376 e. The van der Waals surface area contributed by atoms with E-state index in [1.807, 2.05) is 27.7 Å². The first-order chi connectivity index (χ1) is 9.28. The van der Waals surface area contributed by atoms with Crippen LogP contribution in [0.15, 0.2) is 0 Å². The lowest BCUT2D eigenvalue weighted by Gasteiger charge is -2.41. The molecule has 6 heteroatoms. The number of hydrogen-bond acceptors (Lipinski definition) is 6. The molecule has 3 rings (SSSR count). The SMILES string of the molecule is CO[C@@H]1[C@H]2OC(C)(C)O[C@H]2[C@H](OC)[C@@H]2OC(C)(C)O[C@@H]12. The Morgan fingerprint density at radius 2 is 0.850 bits per heavy atom. The van der Waals surface area contributed by atoms with Gasteiger partial charge in [0.2, 0.25) is 0 Å². The molecular weight excluding hydrogens is 264 g/mol. The van der Waals surface area contributed by atoms with Gasteiger partial charge in [-0.1, -0.05) is 0 Å². The summed E-state index contributed by atoms with van der Waals surface area (Å²) in [4.78, 5) is 0. The quantitative estimate of drug-likeness (QED) is 0.757. The first-order valence-electron chi connectivity index (χ1n) is 7.05. The van der Waals surface area contributed by atoms with Crippen molar-refractivity contribution in [2.45, 2.75) is 75.9 Å². The van der Waals surface area contributed by atoms with E-state index in [1.165, 1.54) is 0 Å². The molecule has 1 saturated carbocycles. The maximum atomic E-state index is 6.00. The Morgan fingerprint density at radius 1 is 0.600 bits per heavy atom. The minimum Gasteiger partial charge on any atom is -0.376 e. The zero-order valence-corrected chi connectivity index (χ0v) is 12.9. The third-order valence-corrected chi connectivity index (χ3v) is 4.17. The Kier molecular flexibility index (Phi) is 3.40. The molecule has 0 unspecified atom stereocenters. The molecule has 2 aliphatic heterocycles. The second-order valence-electron chi connectivity index (χ2n) is 6.53. The van der Waals surface area contributed by atoms with Gasteiger partial charge in [-0.3, -0.25) is 0 Å². The molecule has 0 aromatic rings. The molecule has 2 saturated heterocycles. The van der Waals surface area contributed by atoms with Gasteiger partial charge in [0.05, 0.1) is 0 Å². The van der Waals surface area contributed by atoms with Crippen LogP contribution in [0.1, 0.15) is 27.7 Å². The Hall–Kier alpha value is -0.240. The average Bonchev–Trinajstić information content (AvgIpc) is 2.80. The van der Waals surface area contributed by atoms with Gasteiger partial charge in [0.1, 0.15) is 36.6 Å². The van der Waals surface area contributed by atoms with Gasteiger partial charge in [-0.25, -0.2) is 0 Å². The van der Waals surface area contributed by atoms with E-state index in [2.05, 4.69) is 0 Å². The fourth-order valence-electron chi connectivity index (χ4n) is 3.56. The van der Waals surface area contributed by atoms with Crippen molar-refractivity contribution in [2.24, 2.45) is 0 Å². The molecule has 1 aliphatic carbocycles. The van der Waals surface area contributed by atoms with Gasteiger partial charge >= 0.3 is 0 Å². The summed E-state index contributed by atoms with van der Waals surface area (Å²) in [5.74, 6) is -1.31. The van der Waals surface area contributed by atoms with E-state index < -0.39 is 11.6 Å². The molecule has 116 valence electrons. The monoisotopic (exact) mass is 288 g/mol. The fourth-order valence-corrected chi connectivity index (χ4v) is 3.56. The van der Waals surface area contributed by atoms with Gasteiger partial charge in [0.25, 0.3) is 0 Å². The summed E-state index contributed by atoms with van der Waals surface area (Å²) in [6.07, 6.45) is -1.37. The number of hydrogen-bond donors (Lipinski definition) is 0. The highest BCUT2D eigenvalue weighted by molar-refractivity contribution is 5.08. The second kappa shape index (κ2) is 4.63. The summed E-state index contributed by atoms with van der Waals surface area (Å²) < 4.78 is 35.3. The lowest BCUT2D eigenvalue weighted by atomic mass is 9.85. The van der Waals surface area contributed by atoms with Crippen LogP contribution in [-0.2, 0) is 28.4 Å². The Bertz CT molecular complexity index is 318. The lowest BCUT2D eigenvalue weighted by molar-refractivity contribution is -0.186. The van der Waals surface area contributed by atoms with E-state index >= 15 is 0 Å². The van der Waals surface area contributed by atoms with E-state index in [4.69, 9.17) is 28.4 Å². The second-order valence-corrected chi connectivity index (χ2v) is 6.53. The molecule has 0 aromatic heterocycles. The fraction of sp³-hybridized carbons (Fsp3) is 1.00. The predicted octanol–water partition coefficient (Wildman–Crippen LogP) is 1.07. The predicted molar refractivity (Wildman–Crippen MR) is 69.2 cm³/mol. The van der Waals surface area contributed by atoms with Crippen LogP contribution < -0.4 is 0 Å². The van der Waals surface area contributed by atoms with Crippen LogP contribution in [0.25, 0.3) is 0 Å². The zero-order chi connectivity index (χ0) is 14.7. The highest BCUT2D eigenvalue weighted by atomic mass is 16.8. The number of methoxy groups -OCH3 is 2. The number of rotatable bonds is 2. The Labute approximate surface area is 119 Å². The van der Waals surface area contributed by atoms with Crippen LogP contribution in [0.4, 0.5) is 0 Å². The lowest BCUT2D eigenvalue weighted by Crippen LogP contribution is -2.62. The van der Waals surface area contributed by atoms with Crippen LogP contribution >= 0.6 is 0 Å². The van der Waals surface area contributed by atoms with E-state index in [0.717, 1.165) is 0 Å². The summed E-state index contributed by atoms with van der Waals surface area (Å²) in [7, 11) is 3.32. The smallest absolute Gasteiger partial charge is 0.164 e. The van der Waals surface area contributed by atoms with Gasteiger partial charge in [-0.2, -0.15) is 0 Å². The summed E-state index contributed by atoms with van der Waals surface area (Å²) in [5.41, 5.74) is 0. The third-order valence-electron chi connectivity index (χ3n) is 4.17. The molecule has 20 heavy (non-hydrogen) atoms. The standard InChI is InChI=1S/C14H24O6/c1-13(2)17-9-7(15-5)11-12(20-14(3,4)19-11)8(16-6)10(9)18-13/h7-12H,1-6H3/t7-,8+,9-,10-,11+,12-/m0/s1. The zero-order valence-electron chi connectivity index (χ0n) is 12.9. The number of ether oxygens (including phenoxy) is 6. The van der Waals surface area contributed by atoms with Crippen molar-refractivity contribution in [1.29, 1.82) is 0 Å². The Balaban J connectivity index is 1.93. The van der Waals surface area contributed by atoms with E-state index in [-0.39, 0.29) is 36.6 Å².